The number of imidazole rings is 1. The summed E-state index contributed by atoms with van der Waals surface area (Å²) in [5.74, 6) is -0.398. The fraction of sp³-hybridized carbons (Fsp3) is 0. The maximum Gasteiger partial charge on any atom is 0.206 e. The van der Waals surface area contributed by atoms with Gasteiger partial charge in [-0.15, -0.1) is 0 Å². The number of fused-ring (bicyclic) bond motifs is 1. The van der Waals surface area contributed by atoms with E-state index in [1.807, 2.05) is 6.07 Å². The molecule has 2 N–H and O–H groups in total. The summed E-state index contributed by atoms with van der Waals surface area (Å²) in [6.45, 7) is 0. The fourth-order valence-corrected chi connectivity index (χ4v) is 2.78. The van der Waals surface area contributed by atoms with Gasteiger partial charge in [-0.2, -0.15) is 5.26 Å². The van der Waals surface area contributed by atoms with E-state index in [1.165, 1.54) is 4.57 Å². The van der Waals surface area contributed by atoms with Gasteiger partial charge in [0.2, 0.25) is 5.95 Å². The van der Waals surface area contributed by atoms with E-state index in [-0.39, 0.29) is 16.0 Å². The van der Waals surface area contributed by atoms with E-state index in [9.17, 15) is 4.39 Å². The number of nitrogen functional groups attached to an aromatic ring is 1. The molecule has 1 aromatic heterocycles. The zero-order valence-corrected chi connectivity index (χ0v) is 12.0. The molecule has 0 radical (unpaired) electrons. The van der Waals surface area contributed by atoms with Crippen LogP contribution in [-0.4, -0.2) is 9.55 Å². The van der Waals surface area contributed by atoms with Crippen LogP contribution in [0.3, 0.4) is 0 Å². The molecule has 104 valence electrons. The molecule has 0 spiro atoms. The number of anilines is 1. The van der Waals surface area contributed by atoms with E-state index >= 15 is 0 Å². The zero-order chi connectivity index (χ0) is 15.1. The van der Waals surface area contributed by atoms with Crippen LogP contribution in [0.5, 0.6) is 0 Å². The first-order chi connectivity index (χ1) is 10.0. The van der Waals surface area contributed by atoms with Gasteiger partial charge in [-0.25, -0.2) is 9.37 Å². The lowest BCUT2D eigenvalue weighted by atomic mass is 10.2. The normalized spacial score (nSPS) is 10.8. The summed E-state index contributed by atoms with van der Waals surface area (Å²) in [6, 6.07) is 9.24. The van der Waals surface area contributed by atoms with E-state index in [1.54, 1.807) is 18.2 Å². The topological polar surface area (TPSA) is 67.6 Å². The van der Waals surface area contributed by atoms with Crippen molar-refractivity contribution in [3.63, 3.8) is 0 Å². The molecular weight excluding hydrogens is 314 g/mol. The number of hydrogen-bond donors (Lipinski definition) is 1. The Balaban J connectivity index is 2.40. The second-order valence-electron chi connectivity index (χ2n) is 4.34. The molecule has 0 aliphatic rings. The fourth-order valence-electron chi connectivity index (χ4n) is 2.15. The van der Waals surface area contributed by atoms with Gasteiger partial charge < -0.3 is 5.73 Å². The number of halogens is 3. The Labute approximate surface area is 129 Å². The van der Waals surface area contributed by atoms with Crippen LogP contribution in [0, 0.1) is 17.1 Å². The number of nitrogens with two attached hydrogens (primary N) is 1. The minimum Gasteiger partial charge on any atom is -0.369 e. The number of rotatable bonds is 1. The maximum absolute atomic E-state index is 13.3. The molecule has 0 amide bonds. The first kappa shape index (κ1) is 13.7. The molecule has 0 saturated carbocycles. The van der Waals surface area contributed by atoms with Crippen LogP contribution in [0.4, 0.5) is 10.3 Å². The quantitative estimate of drug-likeness (QED) is 0.738. The van der Waals surface area contributed by atoms with Crippen LogP contribution in [0.25, 0.3) is 16.7 Å². The lowest BCUT2D eigenvalue weighted by Crippen LogP contribution is -2.02. The second kappa shape index (κ2) is 4.92. The van der Waals surface area contributed by atoms with Crippen LogP contribution in [0.15, 0.2) is 30.3 Å². The van der Waals surface area contributed by atoms with E-state index in [2.05, 4.69) is 4.98 Å². The van der Waals surface area contributed by atoms with Crippen LogP contribution in [-0.2, 0) is 0 Å². The Morgan fingerprint density at radius 2 is 1.86 bits per heavy atom. The van der Waals surface area contributed by atoms with Crippen molar-refractivity contribution in [3.8, 4) is 11.8 Å². The van der Waals surface area contributed by atoms with Gasteiger partial charge in [-0.3, -0.25) is 4.57 Å². The lowest BCUT2D eigenvalue weighted by Gasteiger charge is -2.11. The summed E-state index contributed by atoms with van der Waals surface area (Å²) in [5.41, 5.74) is 7.84. The Kier molecular flexibility index (Phi) is 3.20. The summed E-state index contributed by atoms with van der Waals surface area (Å²) >= 11 is 12.2. The number of nitriles is 1. The predicted molar refractivity (Wildman–Crippen MR) is 80.2 cm³/mol. The van der Waals surface area contributed by atoms with Crippen molar-refractivity contribution in [2.75, 3.05) is 5.73 Å². The molecule has 0 fully saturated rings. The maximum atomic E-state index is 13.3. The first-order valence-corrected chi connectivity index (χ1v) is 6.60. The van der Waals surface area contributed by atoms with Gasteiger partial charge in [0.25, 0.3) is 0 Å². The molecule has 0 aliphatic carbocycles. The molecule has 21 heavy (non-hydrogen) atoms. The minimum atomic E-state index is -0.547. The zero-order valence-electron chi connectivity index (χ0n) is 10.4. The van der Waals surface area contributed by atoms with Crippen molar-refractivity contribution in [2.24, 2.45) is 0 Å². The van der Waals surface area contributed by atoms with Gasteiger partial charge in [-0.05, 0) is 30.3 Å². The van der Waals surface area contributed by atoms with Crippen LogP contribution in [0.1, 0.15) is 5.56 Å². The van der Waals surface area contributed by atoms with Gasteiger partial charge >= 0.3 is 0 Å². The molecule has 0 unspecified atom stereocenters. The SMILES string of the molecule is N#Cc1ccc2nc(N)n(-c3c(Cl)cc(F)cc3Cl)c2c1. The summed E-state index contributed by atoms with van der Waals surface area (Å²) in [4.78, 5) is 4.19. The average molecular weight is 321 g/mol. The molecule has 0 bridgehead atoms. The van der Waals surface area contributed by atoms with Crippen molar-refractivity contribution >= 4 is 40.2 Å². The monoisotopic (exact) mass is 320 g/mol. The minimum absolute atomic E-state index is 0.105. The van der Waals surface area contributed by atoms with Gasteiger partial charge in [0.1, 0.15) is 5.82 Å². The predicted octanol–water partition coefficient (Wildman–Crippen LogP) is 3.93. The third-order valence-corrected chi connectivity index (χ3v) is 3.59. The van der Waals surface area contributed by atoms with Gasteiger partial charge in [0, 0.05) is 0 Å². The van der Waals surface area contributed by atoms with Gasteiger partial charge in [0.05, 0.1) is 38.4 Å². The summed E-state index contributed by atoms with van der Waals surface area (Å²) < 4.78 is 14.8. The average Bonchev–Trinajstić information content (AvgIpc) is 2.73. The third-order valence-electron chi connectivity index (χ3n) is 3.01. The number of nitrogens with zero attached hydrogens (tertiary/aromatic N) is 3. The van der Waals surface area contributed by atoms with Gasteiger partial charge in [-0.1, -0.05) is 23.2 Å². The van der Waals surface area contributed by atoms with E-state index < -0.39 is 5.82 Å². The highest BCUT2D eigenvalue weighted by Crippen LogP contribution is 2.34. The van der Waals surface area contributed by atoms with E-state index in [4.69, 9.17) is 34.2 Å². The molecule has 3 rings (SSSR count). The molecule has 4 nitrogen and oxygen atoms in total. The van der Waals surface area contributed by atoms with E-state index in [0.717, 1.165) is 12.1 Å². The molecule has 0 saturated heterocycles. The highest BCUT2D eigenvalue weighted by molar-refractivity contribution is 6.38. The van der Waals surface area contributed by atoms with Crippen molar-refractivity contribution in [1.29, 1.82) is 5.26 Å². The largest absolute Gasteiger partial charge is 0.369 e. The first-order valence-electron chi connectivity index (χ1n) is 5.84. The summed E-state index contributed by atoms with van der Waals surface area (Å²) in [7, 11) is 0. The Bertz CT molecular complexity index is 888. The Hall–Kier alpha value is -2.29. The molecule has 1 heterocycles. The Morgan fingerprint density at radius 3 is 2.48 bits per heavy atom. The van der Waals surface area contributed by atoms with Crippen molar-refractivity contribution in [1.82, 2.24) is 9.55 Å². The molecule has 2 aromatic carbocycles. The number of hydrogen-bond acceptors (Lipinski definition) is 3. The van der Waals surface area contributed by atoms with Crippen molar-refractivity contribution in [3.05, 3.63) is 51.8 Å². The lowest BCUT2D eigenvalue weighted by molar-refractivity contribution is 0.627. The summed E-state index contributed by atoms with van der Waals surface area (Å²) in [5, 5.41) is 9.21. The van der Waals surface area contributed by atoms with Crippen LogP contribution >= 0.6 is 23.2 Å². The molecule has 0 aliphatic heterocycles. The number of benzene rings is 2. The van der Waals surface area contributed by atoms with Crippen molar-refractivity contribution < 1.29 is 4.39 Å². The summed E-state index contributed by atoms with van der Waals surface area (Å²) in [6.07, 6.45) is 0. The Morgan fingerprint density at radius 1 is 1.19 bits per heavy atom. The highest BCUT2D eigenvalue weighted by atomic mass is 35.5. The smallest absolute Gasteiger partial charge is 0.206 e. The standard InChI is InChI=1S/C14H7Cl2FN4/c15-9-4-8(17)5-10(16)13(9)21-12-3-7(6-18)1-2-11(12)20-14(21)19/h1-5H,(H2,19,20). The molecule has 7 heteroatoms. The van der Waals surface area contributed by atoms with Crippen LogP contribution < -0.4 is 5.73 Å². The third kappa shape index (κ3) is 2.19. The van der Waals surface area contributed by atoms with Crippen molar-refractivity contribution in [2.45, 2.75) is 0 Å². The van der Waals surface area contributed by atoms with E-state index in [0.29, 0.717) is 22.3 Å². The van der Waals surface area contributed by atoms with Crippen LogP contribution in [0.2, 0.25) is 10.0 Å². The molecule has 0 atom stereocenters. The van der Waals surface area contributed by atoms with Gasteiger partial charge in [0.15, 0.2) is 0 Å². The molecule has 3 aromatic rings. The second-order valence-corrected chi connectivity index (χ2v) is 5.15. The highest BCUT2D eigenvalue weighted by Gasteiger charge is 2.17. The number of aromatic nitrogens is 2. The molecular formula is C14H7Cl2FN4.